The highest BCUT2D eigenvalue weighted by Crippen LogP contribution is 1.85. The van der Waals surface area contributed by atoms with Crippen LogP contribution in [-0.2, 0) is 9.53 Å². The van der Waals surface area contributed by atoms with E-state index in [2.05, 4.69) is 10.2 Å². The summed E-state index contributed by atoms with van der Waals surface area (Å²) < 4.78 is 5.35. The Morgan fingerprint density at radius 1 is 1.33 bits per heavy atom. The van der Waals surface area contributed by atoms with Crippen molar-refractivity contribution in [1.29, 1.82) is 0 Å². The molecule has 2 N–H and O–H groups in total. The summed E-state index contributed by atoms with van der Waals surface area (Å²) in [5.41, 5.74) is 0. The van der Waals surface area contributed by atoms with Crippen molar-refractivity contribution in [3.63, 3.8) is 0 Å². The minimum absolute atomic E-state index is 0.231. The van der Waals surface area contributed by atoms with E-state index in [0.29, 0.717) is 13.0 Å². The van der Waals surface area contributed by atoms with Crippen molar-refractivity contribution >= 4 is 5.97 Å². The van der Waals surface area contributed by atoms with Gasteiger partial charge in [0.2, 0.25) is 0 Å². The lowest BCUT2D eigenvalue weighted by atomic mass is 10.3. The van der Waals surface area contributed by atoms with Gasteiger partial charge in [-0.2, -0.15) is 0 Å². The van der Waals surface area contributed by atoms with Gasteiger partial charge in [-0.25, -0.2) is 0 Å². The average Bonchev–Trinajstić information content (AvgIpc) is 2.14. The minimum Gasteiger partial charge on any atom is -0.481 e. The highest BCUT2D eigenvalue weighted by atomic mass is 16.5. The molecule has 0 aromatic rings. The quantitative estimate of drug-likeness (QED) is 0.506. The number of nitrogens with one attached hydrogen (secondary N) is 1. The van der Waals surface area contributed by atoms with Crippen molar-refractivity contribution in [2.75, 3.05) is 46.9 Å². The molecule has 0 spiro atoms. The van der Waals surface area contributed by atoms with Crippen molar-refractivity contribution in [2.24, 2.45) is 0 Å². The van der Waals surface area contributed by atoms with Crippen molar-refractivity contribution < 1.29 is 14.6 Å². The number of hydrogen-bond donors (Lipinski definition) is 2. The van der Waals surface area contributed by atoms with Gasteiger partial charge >= 0.3 is 5.97 Å². The van der Waals surface area contributed by atoms with Crippen LogP contribution in [0.25, 0.3) is 0 Å². The van der Waals surface area contributed by atoms with Gasteiger partial charge in [0.05, 0.1) is 13.2 Å². The minimum atomic E-state index is -0.737. The third-order valence-corrected chi connectivity index (χ3v) is 1.85. The standard InChI is InChI=1S/C10H22N2O3/c1-12(2)7-9-15-8-6-11-5-3-4-10(13)14/h11H,3-9H2,1-2H3,(H,13,14). The number of likely N-dealkylation sites (N-methyl/N-ethyl adjacent to an activating group) is 1. The molecule has 0 rings (SSSR count). The molecule has 0 radical (unpaired) electrons. The van der Waals surface area contributed by atoms with Gasteiger partial charge in [0.15, 0.2) is 0 Å². The fourth-order valence-corrected chi connectivity index (χ4v) is 0.983. The Balaban J connectivity index is 2.96. The first kappa shape index (κ1) is 14.3. The number of carbonyl (C=O) groups is 1. The maximum absolute atomic E-state index is 10.2. The molecule has 0 aliphatic rings. The monoisotopic (exact) mass is 218 g/mol. The number of rotatable bonds is 10. The summed E-state index contributed by atoms with van der Waals surface area (Å²) >= 11 is 0. The highest BCUT2D eigenvalue weighted by Gasteiger charge is 1.95. The predicted octanol–water partition coefficient (Wildman–Crippen LogP) is 0.0190. The summed E-state index contributed by atoms with van der Waals surface area (Å²) in [5, 5.41) is 11.5. The second kappa shape index (κ2) is 9.89. The molecule has 0 aromatic heterocycles. The van der Waals surface area contributed by atoms with E-state index in [1.165, 1.54) is 0 Å². The molecular formula is C10H22N2O3. The molecule has 0 heterocycles. The molecule has 0 unspecified atom stereocenters. The van der Waals surface area contributed by atoms with Crippen molar-refractivity contribution in [3.05, 3.63) is 0 Å². The molecule has 15 heavy (non-hydrogen) atoms. The second-order valence-electron chi connectivity index (χ2n) is 3.66. The van der Waals surface area contributed by atoms with Crippen LogP contribution in [-0.4, -0.2) is 62.9 Å². The highest BCUT2D eigenvalue weighted by molar-refractivity contribution is 5.66. The van der Waals surface area contributed by atoms with Gasteiger partial charge in [0, 0.05) is 19.5 Å². The molecule has 5 heteroatoms. The largest absolute Gasteiger partial charge is 0.481 e. The molecule has 0 amide bonds. The number of ether oxygens (including phenoxy) is 1. The molecule has 0 fully saturated rings. The van der Waals surface area contributed by atoms with Crippen molar-refractivity contribution in [2.45, 2.75) is 12.8 Å². The summed E-state index contributed by atoms with van der Waals surface area (Å²) in [6, 6.07) is 0. The summed E-state index contributed by atoms with van der Waals surface area (Å²) in [6.07, 6.45) is 0.904. The summed E-state index contributed by atoms with van der Waals surface area (Å²) in [4.78, 5) is 12.2. The van der Waals surface area contributed by atoms with E-state index in [9.17, 15) is 4.79 Å². The number of carboxylic acids is 1. The lowest BCUT2D eigenvalue weighted by Gasteiger charge is -2.10. The lowest BCUT2D eigenvalue weighted by molar-refractivity contribution is -0.137. The normalized spacial score (nSPS) is 10.9. The van der Waals surface area contributed by atoms with Crippen LogP contribution >= 0.6 is 0 Å². The Labute approximate surface area is 91.4 Å². The van der Waals surface area contributed by atoms with Crippen LogP contribution in [0.15, 0.2) is 0 Å². The Bertz CT molecular complexity index is 163. The van der Waals surface area contributed by atoms with Gasteiger partial charge in [-0.15, -0.1) is 0 Å². The van der Waals surface area contributed by atoms with E-state index in [1.807, 2.05) is 14.1 Å². The zero-order valence-electron chi connectivity index (χ0n) is 9.66. The van der Waals surface area contributed by atoms with Gasteiger partial charge in [-0.1, -0.05) is 0 Å². The summed E-state index contributed by atoms with van der Waals surface area (Å²) in [7, 11) is 4.01. The Morgan fingerprint density at radius 3 is 2.67 bits per heavy atom. The molecule has 0 bridgehead atoms. The summed E-state index contributed by atoms with van der Waals surface area (Å²) in [6.45, 7) is 3.88. The molecule has 0 aliphatic heterocycles. The molecular weight excluding hydrogens is 196 g/mol. The molecule has 5 nitrogen and oxygen atoms in total. The van der Waals surface area contributed by atoms with Crippen LogP contribution in [0.1, 0.15) is 12.8 Å². The van der Waals surface area contributed by atoms with E-state index in [0.717, 1.165) is 26.2 Å². The van der Waals surface area contributed by atoms with E-state index in [4.69, 9.17) is 9.84 Å². The van der Waals surface area contributed by atoms with Crippen molar-refractivity contribution in [3.8, 4) is 0 Å². The van der Waals surface area contributed by atoms with E-state index in [-0.39, 0.29) is 6.42 Å². The maximum Gasteiger partial charge on any atom is 0.303 e. The van der Waals surface area contributed by atoms with Crippen LogP contribution in [0.5, 0.6) is 0 Å². The third-order valence-electron chi connectivity index (χ3n) is 1.85. The van der Waals surface area contributed by atoms with Crippen LogP contribution in [0.4, 0.5) is 0 Å². The number of hydrogen-bond acceptors (Lipinski definition) is 4. The van der Waals surface area contributed by atoms with Crippen LogP contribution in [0.2, 0.25) is 0 Å². The van der Waals surface area contributed by atoms with E-state index in [1.54, 1.807) is 0 Å². The lowest BCUT2D eigenvalue weighted by Crippen LogP contribution is -2.24. The number of nitrogens with zero attached hydrogens (tertiary/aromatic N) is 1. The second-order valence-corrected chi connectivity index (χ2v) is 3.66. The zero-order valence-corrected chi connectivity index (χ0v) is 9.66. The van der Waals surface area contributed by atoms with Gasteiger partial charge in [0.25, 0.3) is 0 Å². The van der Waals surface area contributed by atoms with E-state index >= 15 is 0 Å². The van der Waals surface area contributed by atoms with Gasteiger partial charge in [-0.3, -0.25) is 4.79 Å². The molecule has 90 valence electrons. The molecule has 0 atom stereocenters. The van der Waals surface area contributed by atoms with E-state index < -0.39 is 5.97 Å². The topological polar surface area (TPSA) is 61.8 Å². The smallest absolute Gasteiger partial charge is 0.303 e. The Morgan fingerprint density at radius 2 is 2.07 bits per heavy atom. The fraction of sp³-hybridized carbons (Fsp3) is 0.900. The van der Waals surface area contributed by atoms with Crippen LogP contribution in [0, 0.1) is 0 Å². The number of aliphatic carboxylic acids is 1. The zero-order chi connectivity index (χ0) is 11.5. The van der Waals surface area contributed by atoms with Gasteiger partial charge < -0.3 is 20.1 Å². The fourth-order valence-electron chi connectivity index (χ4n) is 0.983. The summed E-state index contributed by atoms with van der Waals surface area (Å²) in [5.74, 6) is -0.737. The first-order valence-corrected chi connectivity index (χ1v) is 5.28. The Kier molecular flexibility index (Phi) is 9.46. The Hall–Kier alpha value is -0.650. The average molecular weight is 218 g/mol. The molecule has 0 aromatic carbocycles. The maximum atomic E-state index is 10.2. The molecule has 0 aliphatic carbocycles. The SMILES string of the molecule is CN(C)CCOCCNCCCC(=O)O. The first-order chi connectivity index (χ1) is 7.13. The van der Waals surface area contributed by atoms with Crippen molar-refractivity contribution in [1.82, 2.24) is 10.2 Å². The molecule has 0 saturated carbocycles. The van der Waals surface area contributed by atoms with Crippen LogP contribution in [0.3, 0.4) is 0 Å². The molecule has 0 saturated heterocycles. The van der Waals surface area contributed by atoms with Gasteiger partial charge in [-0.05, 0) is 27.1 Å². The third kappa shape index (κ3) is 13.3. The predicted molar refractivity (Wildman–Crippen MR) is 59.1 cm³/mol. The van der Waals surface area contributed by atoms with Crippen LogP contribution < -0.4 is 5.32 Å². The number of carboxylic acid groups (broad SMARTS) is 1. The van der Waals surface area contributed by atoms with Gasteiger partial charge in [0.1, 0.15) is 0 Å². The first-order valence-electron chi connectivity index (χ1n) is 5.28.